The summed E-state index contributed by atoms with van der Waals surface area (Å²) in [6.07, 6.45) is 3.27. The van der Waals surface area contributed by atoms with Crippen LogP contribution in [0.15, 0.2) is 36.4 Å². The molecule has 0 bridgehead atoms. The van der Waals surface area contributed by atoms with Gasteiger partial charge in [0.05, 0.1) is 5.75 Å². The molecule has 1 rings (SSSR count). The SMILES string of the molecule is C=CCN(CC=C)C(=O)CSc1[nH+]c(N)c(C#N)cc1C#N. The Hall–Kier alpha value is -2.77. The highest BCUT2D eigenvalue weighted by atomic mass is 32.2. The second-order valence-corrected chi connectivity index (χ2v) is 5.21. The lowest BCUT2D eigenvalue weighted by atomic mass is 10.2. The van der Waals surface area contributed by atoms with E-state index in [1.54, 1.807) is 17.1 Å². The molecule has 1 amide bonds. The number of amides is 1. The van der Waals surface area contributed by atoms with E-state index >= 15 is 0 Å². The van der Waals surface area contributed by atoms with Gasteiger partial charge in [-0.15, -0.1) is 13.2 Å². The van der Waals surface area contributed by atoms with E-state index in [2.05, 4.69) is 18.1 Å². The molecular formula is C15H16N5OS+. The first-order valence-electron chi connectivity index (χ1n) is 6.35. The number of hydrogen-bond donors (Lipinski definition) is 1. The van der Waals surface area contributed by atoms with Gasteiger partial charge in [0, 0.05) is 13.1 Å². The second-order valence-electron chi connectivity index (χ2n) is 4.23. The molecule has 0 fully saturated rings. The van der Waals surface area contributed by atoms with E-state index in [4.69, 9.17) is 16.3 Å². The smallest absolute Gasteiger partial charge is 0.289 e. The largest absolute Gasteiger partial charge is 0.335 e. The van der Waals surface area contributed by atoms with Crippen LogP contribution in [0.3, 0.4) is 0 Å². The van der Waals surface area contributed by atoms with Gasteiger partial charge in [0.2, 0.25) is 5.91 Å². The van der Waals surface area contributed by atoms with Crippen molar-refractivity contribution in [2.75, 3.05) is 24.6 Å². The molecule has 112 valence electrons. The van der Waals surface area contributed by atoms with Crippen LogP contribution in [-0.2, 0) is 4.79 Å². The first-order chi connectivity index (χ1) is 10.6. The normalized spacial score (nSPS) is 9.36. The molecule has 22 heavy (non-hydrogen) atoms. The summed E-state index contributed by atoms with van der Waals surface area (Å²) >= 11 is 1.17. The molecule has 0 aliphatic carbocycles. The quantitative estimate of drug-likeness (QED) is 0.599. The van der Waals surface area contributed by atoms with Gasteiger partial charge in [-0.05, 0) is 6.07 Å². The standard InChI is InChI=1S/C15H15N5OS/c1-3-5-20(6-4-2)13(21)10-22-15-12(9-17)7-11(8-16)14(18)19-15/h3-4,7H,1-2,5-6,10H2,(H2,18,19)/p+1. The van der Waals surface area contributed by atoms with E-state index in [1.165, 1.54) is 17.8 Å². The minimum absolute atomic E-state index is 0.106. The number of carbonyl (C=O) groups excluding carboxylic acids is 1. The number of nitrogen functional groups attached to an aromatic ring is 1. The van der Waals surface area contributed by atoms with Gasteiger partial charge in [-0.25, -0.2) is 4.98 Å². The van der Waals surface area contributed by atoms with Gasteiger partial charge >= 0.3 is 0 Å². The van der Waals surface area contributed by atoms with Gasteiger partial charge in [0.15, 0.2) is 5.03 Å². The highest BCUT2D eigenvalue weighted by Crippen LogP contribution is 2.20. The zero-order valence-electron chi connectivity index (χ0n) is 12.0. The zero-order valence-corrected chi connectivity index (χ0v) is 12.8. The van der Waals surface area contributed by atoms with Crippen LogP contribution in [0.4, 0.5) is 5.82 Å². The van der Waals surface area contributed by atoms with E-state index in [9.17, 15) is 4.79 Å². The Morgan fingerprint density at radius 2 is 1.91 bits per heavy atom. The van der Waals surface area contributed by atoms with Crippen molar-refractivity contribution >= 4 is 23.5 Å². The number of aromatic nitrogens is 1. The van der Waals surface area contributed by atoms with E-state index in [0.717, 1.165) is 0 Å². The second kappa shape index (κ2) is 8.50. The third-order valence-electron chi connectivity index (χ3n) is 2.70. The van der Waals surface area contributed by atoms with Gasteiger partial charge in [-0.3, -0.25) is 10.5 Å². The van der Waals surface area contributed by atoms with Crippen LogP contribution in [0.5, 0.6) is 0 Å². The number of aromatic amines is 1. The molecule has 1 aromatic heterocycles. The molecule has 0 saturated carbocycles. The molecule has 0 spiro atoms. The maximum absolute atomic E-state index is 12.1. The topological polar surface area (TPSA) is 108 Å². The fourth-order valence-electron chi connectivity index (χ4n) is 1.65. The van der Waals surface area contributed by atoms with Crippen molar-refractivity contribution < 1.29 is 9.78 Å². The lowest BCUT2D eigenvalue weighted by Gasteiger charge is -2.18. The number of hydrogen-bond acceptors (Lipinski definition) is 5. The molecule has 7 heteroatoms. The number of nitrogens with zero attached hydrogens (tertiary/aromatic N) is 3. The summed E-state index contributed by atoms with van der Waals surface area (Å²) in [7, 11) is 0. The van der Waals surface area contributed by atoms with Gasteiger partial charge in [-0.2, -0.15) is 10.5 Å². The summed E-state index contributed by atoms with van der Waals surface area (Å²) in [5.74, 6) is 0.202. The summed E-state index contributed by atoms with van der Waals surface area (Å²) in [4.78, 5) is 16.5. The van der Waals surface area contributed by atoms with Crippen LogP contribution < -0.4 is 10.7 Å². The number of carbonyl (C=O) groups is 1. The van der Waals surface area contributed by atoms with Crippen molar-refractivity contribution in [1.29, 1.82) is 10.5 Å². The summed E-state index contributed by atoms with van der Waals surface area (Å²) in [5, 5.41) is 18.5. The summed E-state index contributed by atoms with van der Waals surface area (Å²) < 4.78 is 0. The Morgan fingerprint density at radius 3 is 2.41 bits per heavy atom. The molecular weight excluding hydrogens is 298 g/mol. The summed E-state index contributed by atoms with van der Waals surface area (Å²) in [6.45, 7) is 8.07. The number of nitrogens with one attached hydrogen (secondary N) is 1. The van der Waals surface area contributed by atoms with Crippen molar-refractivity contribution in [2.45, 2.75) is 5.03 Å². The molecule has 0 radical (unpaired) electrons. The number of anilines is 1. The van der Waals surface area contributed by atoms with Crippen molar-refractivity contribution in [1.82, 2.24) is 4.90 Å². The Bertz CT molecular complexity index is 662. The van der Waals surface area contributed by atoms with Crippen molar-refractivity contribution in [3.8, 4) is 12.1 Å². The maximum atomic E-state index is 12.1. The molecule has 0 aliphatic heterocycles. The van der Waals surface area contributed by atoms with Gasteiger partial charge in [-0.1, -0.05) is 23.9 Å². The first kappa shape index (κ1) is 17.3. The fourth-order valence-corrected chi connectivity index (χ4v) is 2.54. The van der Waals surface area contributed by atoms with Gasteiger partial charge < -0.3 is 4.90 Å². The Balaban J connectivity index is 2.88. The van der Waals surface area contributed by atoms with Crippen LogP contribution in [0.2, 0.25) is 0 Å². The molecule has 0 unspecified atom stereocenters. The Kier molecular flexibility index (Phi) is 6.68. The number of nitriles is 2. The highest BCUT2D eigenvalue weighted by Gasteiger charge is 2.17. The van der Waals surface area contributed by atoms with E-state index < -0.39 is 0 Å². The van der Waals surface area contributed by atoms with Crippen LogP contribution in [-0.4, -0.2) is 29.6 Å². The molecule has 0 saturated heterocycles. The van der Waals surface area contributed by atoms with Crippen LogP contribution >= 0.6 is 11.8 Å². The van der Waals surface area contributed by atoms with Crippen LogP contribution in [0.25, 0.3) is 0 Å². The predicted octanol–water partition coefficient (Wildman–Crippen LogP) is 1.12. The molecule has 3 N–H and O–H groups in total. The number of pyridine rings is 1. The lowest BCUT2D eigenvalue weighted by molar-refractivity contribution is -0.410. The molecule has 0 aliphatic rings. The lowest BCUT2D eigenvalue weighted by Crippen LogP contribution is -2.33. The fraction of sp³-hybridized carbons (Fsp3) is 0.200. The van der Waals surface area contributed by atoms with E-state index in [0.29, 0.717) is 18.1 Å². The molecule has 0 atom stereocenters. The first-order valence-corrected chi connectivity index (χ1v) is 7.34. The van der Waals surface area contributed by atoms with E-state index in [-0.39, 0.29) is 28.6 Å². The maximum Gasteiger partial charge on any atom is 0.289 e. The third kappa shape index (κ3) is 4.37. The van der Waals surface area contributed by atoms with Crippen LogP contribution in [0, 0.1) is 22.7 Å². The average Bonchev–Trinajstić information content (AvgIpc) is 2.52. The van der Waals surface area contributed by atoms with Crippen molar-refractivity contribution in [2.24, 2.45) is 0 Å². The Morgan fingerprint density at radius 1 is 1.32 bits per heavy atom. The number of H-pyrrole nitrogens is 1. The molecule has 0 aromatic carbocycles. The van der Waals surface area contributed by atoms with Crippen LogP contribution in [0.1, 0.15) is 11.1 Å². The minimum atomic E-state index is -0.106. The number of nitrogens with two attached hydrogens (primary N) is 1. The summed E-state index contributed by atoms with van der Waals surface area (Å²) in [6, 6.07) is 5.29. The molecule has 6 nitrogen and oxygen atoms in total. The average molecular weight is 314 g/mol. The summed E-state index contributed by atoms with van der Waals surface area (Å²) in [5.41, 5.74) is 6.18. The van der Waals surface area contributed by atoms with E-state index in [1.807, 2.05) is 12.1 Å². The van der Waals surface area contributed by atoms with Gasteiger partial charge in [0.1, 0.15) is 23.3 Å². The predicted molar refractivity (Wildman–Crippen MR) is 84.5 cm³/mol. The Labute approximate surface area is 133 Å². The van der Waals surface area contributed by atoms with Crippen molar-refractivity contribution in [3.05, 3.63) is 42.5 Å². The highest BCUT2D eigenvalue weighted by molar-refractivity contribution is 7.99. The molecule has 1 aromatic rings. The van der Waals surface area contributed by atoms with Crippen molar-refractivity contribution in [3.63, 3.8) is 0 Å². The minimum Gasteiger partial charge on any atom is -0.335 e. The zero-order chi connectivity index (χ0) is 16.5. The number of rotatable bonds is 7. The molecule has 1 heterocycles. The monoisotopic (exact) mass is 314 g/mol. The third-order valence-corrected chi connectivity index (χ3v) is 3.71. The van der Waals surface area contributed by atoms with Gasteiger partial charge in [0.25, 0.3) is 5.82 Å². The number of thioether (sulfide) groups is 1.